The van der Waals surface area contributed by atoms with Crippen LogP contribution in [0.15, 0.2) is 122 Å². The maximum Gasteiger partial charge on any atom is 0.472 e. The highest BCUT2D eigenvalue weighted by atomic mass is 31.2. The van der Waals surface area contributed by atoms with Crippen molar-refractivity contribution in [1.82, 2.24) is 0 Å². The first kappa shape index (κ1) is 97.5. The third kappa shape index (κ3) is 73.8. The molecule has 102 heavy (non-hydrogen) atoms. The van der Waals surface area contributed by atoms with Crippen LogP contribution in [0, 0.1) is 0 Å². The van der Waals surface area contributed by atoms with Crippen molar-refractivity contribution in [2.75, 3.05) is 39.6 Å². The molecule has 2 unspecified atom stereocenters. The SMILES string of the molecule is CCCCC/C=C\C/C=C\C/C=C\C/C=C\C/C=C\CCC(=O)OC[C@H](COP(=O)(O)OC[C@@H](O)COP(=O)(O)OC[C@@H](COC(=O)CCCCCCC/C=C\C/C=C\CCCCC)OC(=O)CCCCCCC/C=C\C/C=C\CCCCC)OC(=O)CCCCCCC/C=C\CCCCCC. The van der Waals surface area contributed by atoms with E-state index in [1.54, 1.807) is 0 Å². The van der Waals surface area contributed by atoms with Gasteiger partial charge < -0.3 is 33.8 Å². The molecule has 0 radical (unpaired) electrons. The Labute approximate surface area is 619 Å². The van der Waals surface area contributed by atoms with Gasteiger partial charge in [0.2, 0.25) is 0 Å². The van der Waals surface area contributed by atoms with Gasteiger partial charge in [0.05, 0.1) is 26.4 Å². The highest BCUT2D eigenvalue weighted by Crippen LogP contribution is 2.45. The zero-order chi connectivity index (χ0) is 74.6. The largest absolute Gasteiger partial charge is 0.472 e. The number of hydrogen-bond donors (Lipinski definition) is 3. The first-order chi connectivity index (χ1) is 49.7. The fourth-order valence-corrected chi connectivity index (χ4v) is 11.8. The Kier molecular flexibility index (Phi) is 71.4. The molecule has 0 rings (SSSR count). The molecule has 0 saturated carbocycles. The van der Waals surface area contributed by atoms with Crippen molar-refractivity contribution in [1.29, 1.82) is 0 Å². The van der Waals surface area contributed by atoms with E-state index in [1.807, 2.05) is 12.2 Å². The number of rotatable bonds is 74. The lowest BCUT2D eigenvalue weighted by Crippen LogP contribution is -2.30. The van der Waals surface area contributed by atoms with Gasteiger partial charge in [-0.05, 0) is 154 Å². The lowest BCUT2D eigenvalue weighted by Gasteiger charge is -2.21. The van der Waals surface area contributed by atoms with Crippen molar-refractivity contribution < 1.29 is 80.2 Å². The number of aliphatic hydroxyl groups is 1. The lowest BCUT2D eigenvalue weighted by atomic mass is 10.1. The minimum Gasteiger partial charge on any atom is -0.462 e. The molecule has 586 valence electrons. The van der Waals surface area contributed by atoms with Crippen LogP contribution in [0.2, 0.25) is 0 Å². The van der Waals surface area contributed by atoms with Gasteiger partial charge in [-0.25, -0.2) is 9.13 Å². The van der Waals surface area contributed by atoms with E-state index in [2.05, 4.69) is 137 Å². The van der Waals surface area contributed by atoms with Crippen LogP contribution in [0.4, 0.5) is 0 Å². The van der Waals surface area contributed by atoms with Crippen LogP contribution >= 0.6 is 15.6 Å². The smallest absolute Gasteiger partial charge is 0.462 e. The standard InChI is InChI=1S/C83H142O17P2/c1-5-9-13-17-21-25-29-33-36-37-38-39-42-45-48-52-56-60-64-68-81(86)94-73-78(99-82(87)69-65-61-57-53-49-43-32-28-24-20-16-12-8-4)75-97-101(89,90)95-71-77(84)72-96-102(91,92)98-76-79(100-83(88)70-66-62-58-54-50-46-41-35-31-27-23-19-15-11-7-3)74-93-80(85)67-63-59-55-51-47-44-40-34-30-26-22-18-14-10-6-2/h21-23,25-28,32-36,38-41,45,48,56,60,77-79,84H,5-20,24,29-31,37,42-44,46-47,49-55,57-59,61-76H2,1-4H3,(H,89,90)(H,91,92)/b25-21-,26-22-,27-23-,32-28-,36-33-,39-38-,40-34-,41-35-,48-45-,60-56-/t77-,78-,79-/m1/s1. The van der Waals surface area contributed by atoms with Crippen molar-refractivity contribution in [2.24, 2.45) is 0 Å². The third-order valence-electron chi connectivity index (χ3n) is 16.4. The summed E-state index contributed by atoms with van der Waals surface area (Å²) < 4.78 is 68.5. The van der Waals surface area contributed by atoms with E-state index >= 15 is 0 Å². The molecule has 17 nitrogen and oxygen atoms in total. The van der Waals surface area contributed by atoms with Gasteiger partial charge in [-0.3, -0.25) is 37.3 Å². The fourth-order valence-electron chi connectivity index (χ4n) is 10.3. The lowest BCUT2D eigenvalue weighted by molar-refractivity contribution is -0.161. The van der Waals surface area contributed by atoms with E-state index in [-0.39, 0.29) is 25.7 Å². The van der Waals surface area contributed by atoms with Gasteiger partial charge in [-0.15, -0.1) is 0 Å². The predicted molar refractivity (Wildman–Crippen MR) is 418 cm³/mol. The van der Waals surface area contributed by atoms with Gasteiger partial charge in [0.15, 0.2) is 12.2 Å². The number of aliphatic hydroxyl groups excluding tert-OH is 1. The summed E-state index contributed by atoms with van der Waals surface area (Å²) in [5.74, 6) is -2.31. The van der Waals surface area contributed by atoms with E-state index in [1.165, 1.54) is 83.5 Å². The molecule has 0 heterocycles. The molecule has 0 fully saturated rings. The van der Waals surface area contributed by atoms with Crippen molar-refractivity contribution >= 4 is 39.5 Å². The second-order valence-electron chi connectivity index (χ2n) is 26.3. The van der Waals surface area contributed by atoms with Crippen molar-refractivity contribution in [3.8, 4) is 0 Å². The van der Waals surface area contributed by atoms with Crippen molar-refractivity contribution in [3.05, 3.63) is 122 Å². The number of unbranched alkanes of at least 4 members (excludes halogenated alkanes) is 28. The first-order valence-corrected chi connectivity index (χ1v) is 42.8. The summed E-state index contributed by atoms with van der Waals surface area (Å²) in [5, 5.41) is 10.6. The Bertz CT molecular complexity index is 2410. The first-order valence-electron chi connectivity index (χ1n) is 39.8. The van der Waals surface area contributed by atoms with Gasteiger partial charge in [0.1, 0.15) is 19.3 Å². The maximum absolute atomic E-state index is 13.1. The second-order valence-corrected chi connectivity index (χ2v) is 29.2. The number of allylic oxidation sites excluding steroid dienone is 20. The van der Waals surface area contributed by atoms with Gasteiger partial charge in [-0.2, -0.15) is 0 Å². The molecule has 0 bridgehead atoms. The fraction of sp³-hybridized carbons (Fsp3) is 0.711. The molecular formula is C83H142O17P2. The van der Waals surface area contributed by atoms with Crippen LogP contribution in [-0.2, 0) is 65.4 Å². The molecule has 5 atom stereocenters. The average Bonchev–Trinajstić information content (AvgIpc) is 0.908. The third-order valence-corrected chi connectivity index (χ3v) is 18.3. The van der Waals surface area contributed by atoms with Crippen molar-refractivity contribution in [2.45, 2.75) is 341 Å². The molecule has 0 aromatic heterocycles. The van der Waals surface area contributed by atoms with Crippen LogP contribution < -0.4 is 0 Å². The number of carbonyl (C=O) groups is 4. The maximum atomic E-state index is 13.1. The van der Waals surface area contributed by atoms with E-state index in [0.29, 0.717) is 32.1 Å². The molecule has 0 aliphatic carbocycles. The van der Waals surface area contributed by atoms with E-state index in [0.717, 1.165) is 154 Å². The van der Waals surface area contributed by atoms with Crippen LogP contribution in [0.5, 0.6) is 0 Å². The van der Waals surface area contributed by atoms with Gasteiger partial charge in [-0.1, -0.05) is 265 Å². The summed E-state index contributed by atoms with van der Waals surface area (Å²) in [6.45, 7) is 4.67. The summed E-state index contributed by atoms with van der Waals surface area (Å²) in [7, 11) is -9.99. The number of ether oxygens (including phenoxy) is 4. The number of esters is 4. The van der Waals surface area contributed by atoms with Gasteiger partial charge in [0, 0.05) is 25.7 Å². The zero-order valence-electron chi connectivity index (χ0n) is 64.0. The molecule has 19 heteroatoms. The molecule has 0 aromatic carbocycles. The topological polar surface area (TPSA) is 237 Å². The Balaban J connectivity index is 5.43. The number of hydrogen-bond acceptors (Lipinski definition) is 15. The molecule has 0 aliphatic heterocycles. The summed E-state index contributed by atoms with van der Waals surface area (Å²) in [6.07, 6.45) is 81.9. The monoisotopic (exact) mass is 1470 g/mol. The van der Waals surface area contributed by atoms with Crippen LogP contribution in [0.3, 0.4) is 0 Å². The summed E-state index contributed by atoms with van der Waals surface area (Å²) in [5.41, 5.74) is 0. The van der Waals surface area contributed by atoms with Gasteiger partial charge >= 0.3 is 39.5 Å². The number of carbonyl (C=O) groups excluding carboxylic acids is 4. The molecule has 0 aromatic rings. The minimum absolute atomic E-state index is 0.0345. The number of phosphoric acid groups is 2. The molecule has 0 aliphatic rings. The van der Waals surface area contributed by atoms with Crippen LogP contribution in [-0.4, -0.2) is 96.7 Å². The normalized spacial score (nSPS) is 14.5. The average molecular weight is 1470 g/mol. The van der Waals surface area contributed by atoms with Gasteiger partial charge in [0.25, 0.3) is 0 Å². The summed E-state index contributed by atoms with van der Waals surface area (Å²) in [4.78, 5) is 72.9. The molecule has 0 amide bonds. The van der Waals surface area contributed by atoms with Crippen LogP contribution in [0.25, 0.3) is 0 Å². The van der Waals surface area contributed by atoms with E-state index < -0.39 is 97.5 Å². The predicted octanol–water partition coefficient (Wildman–Crippen LogP) is 23.1. The summed E-state index contributed by atoms with van der Waals surface area (Å²) >= 11 is 0. The Morgan fingerprint density at radius 2 is 0.500 bits per heavy atom. The Morgan fingerprint density at radius 3 is 0.824 bits per heavy atom. The second kappa shape index (κ2) is 74.7. The van der Waals surface area contributed by atoms with Crippen molar-refractivity contribution in [3.63, 3.8) is 0 Å². The molecular weight excluding hydrogens is 1330 g/mol. The Hall–Kier alpha value is -4.54. The summed E-state index contributed by atoms with van der Waals surface area (Å²) in [6, 6.07) is 0. The molecule has 0 saturated heterocycles. The Morgan fingerprint density at radius 1 is 0.275 bits per heavy atom. The quantitative estimate of drug-likeness (QED) is 0.0169. The molecule has 3 N–H and O–H groups in total. The van der Waals surface area contributed by atoms with Crippen LogP contribution in [0.1, 0.15) is 323 Å². The molecule has 0 spiro atoms. The zero-order valence-corrected chi connectivity index (χ0v) is 65.8. The number of phosphoric ester groups is 2. The van der Waals surface area contributed by atoms with E-state index in [9.17, 15) is 43.2 Å². The minimum atomic E-state index is -5.00. The highest BCUT2D eigenvalue weighted by Gasteiger charge is 2.30. The van der Waals surface area contributed by atoms with E-state index in [4.69, 9.17) is 37.0 Å². The highest BCUT2D eigenvalue weighted by molar-refractivity contribution is 7.47.